The monoisotopic (exact) mass is 430 g/mol. The summed E-state index contributed by atoms with van der Waals surface area (Å²) >= 11 is 1.70. The first-order valence-electron chi connectivity index (χ1n) is 10.6. The van der Waals surface area contributed by atoms with Gasteiger partial charge in [0.15, 0.2) is 0 Å². The molecule has 1 aliphatic heterocycles. The Morgan fingerprint density at radius 2 is 1.83 bits per heavy atom. The molecule has 0 radical (unpaired) electrons. The Hall–Kier alpha value is -2.21. The van der Waals surface area contributed by atoms with Gasteiger partial charge in [0.05, 0.1) is 12.6 Å². The van der Waals surface area contributed by atoms with Crippen molar-refractivity contribution in [2.75, 3.05) is 19.6 Å². The standard InChI is InChI=1S/C24H31FN2O2S/c1-16(2)13-22(28)26(14-17(3)4)15-23(29)27-11-9-21-20(10-12-30-21)24(27)18-5-7-19(25)8-6-18/h5-8,10,12,16-17,24H,9,11,13-15H2,1-4H3/t24-/m1/s1. The Morgan fingerprint density at radius 3 is 2.47 bits per heavy atom. The Morgan fingerprint density at radius 1 is 1.13 bits per heavy atom. The molecule has 1 aromatic carbocycles. The van der Waals surface area contributed by atoms with Crippen LogP contribution in [0.25, 0.3) is 0 Å². The lowest BCUT2D eigenvalue weighted by molar-refractivity contribution is -0.142. The molecule has 0 N–H and O–H groups in total. The molecule has 30 heavy (non-hydrogen) atoms. The van der Waals surface area contributed by atoms with Crippen LogP contribution in [0.2, 0.25) is 0 Å². The third-order valence-corrected chi connectivity index (χ3v) is 6.32. The normalized spacial score (nSPS) is 16.1. The van der Waals surface area contributed by atoms with E-state index in [2.05, 4.69) is 19.9 Å². The van der Waals surface area contributed by atoms with Crippen LogP contribution in [0.5, 0.6) is 0 Å². The predicted octanol–water partition coefficient (Wildman–Crippen LogP) is 4.89. The third kappa shape index (κ3) is 5.28. The van der Waals surface area contributed by atoms with E-state index in [4.69, 9.17) is 0 Å². The zero-order valence-electron chi connectivity index (χ0n) is 18.2. The summed E-state index contributed by atoms with van der Waals surface area (Å²) in [7, 11) is 0. The maximum Gasteiger partial charge on any atom is 0.242 e. The minimum absolute atomic E-state index is 0.0265. The van der Waals surface area contributed by atoms with Crippen molar-refractivity contribution in [3.63, 3.8) is 0 Å². The van der Waals surface area contributed by atoms with E-state index in [1.807, 2.05) is 24.1 Å². The molecule has 1 atom stereocenters. The van der Waals surface area contributed by atoms with Crippen LogP contribution in [0, 0.1) is 17.7 Å². The fraction of sp³-hybridized carbons (Fsp3) is 0.500. The highest BCUT2D eigenvalue weighted by Gasteiger charge is 2.34. The molecular formula is C24H31FN2O2S. The van der Waals surface area contributed by atoms with Gasteiger partial charge < -0.3 is 9.80 Å². The molecule has 2 heterocycles. The molecule has 1 aromatic heterocycles. The smallest absolute Gasteiger partial charge is 0.242 e. The van der Waals surface area contributed by atoms with Crippen LogP contribution in [0.4, 0.5) is 4.39 Å². The lowest BCUT2D eigenvalue weighted by Crippen LogP contribution is -2.47. The highest BCUT2D eigenvalue weighted by Crippen LogP contribution is 2.38. The summed E-state index contributed by atoms with van der Waals surface area (Å²) in [6.45, 7) is 9.39. The number of amides is 2. The molecule has 0 unspecified atom stereocenters. The number of carbonyl (C=O) groups excluding carboxylic acids is 2. The van der Waals surface area contributed by atoms with Crippen molar-refractivity contribution in [3.05, 3.63) is 57.5 Å². The van der Waals surface area contributed by atoms with Gasteiger partial charge in [-0.2, -0.15) is 0 Å². The molecule has 3 rings (SSSR count). The number of nitrogens with zero attached hydrogens (tertiary/aromatic N) is 2. The Balaban J connectivity index is 1.86. The second-order valence-corrected chi connectivity index (χ2v) is 9.86. The number of benzene rings is 1. The Bertz CT molecular complexity index is 876. The molecule has 0 fully saturated rings. The number of fused-ring (bicyclic) bond motifs is 1. The van der Waals surface area contributed by atoms with Gasteiger partial charge in [-0.3, -0.25) is 9.59 Å². The topological polar surface area (TPSA) is 40.6 Å². The average molecular weight is 431 g/mol. The van der Waals surface area contributed by atoms with Crippen LogP contribution in [0.3, 0.4) is 0 Å². The molecule has 0 aliphatic carbocycles. The lowest BCUT2D eigenvalue weighted by Gasteiger charge is -2.38. The summed E-state index contributed by atoms with van der Waals surface area (Å²) in [5.74, 6) is 0.210. The van der Waals surface area contributed by atoms with Crippen molar-refractivity contribution < 1.29 is 14.0 Å². The van der Waals surface area contributed by atoms with E-state index in [1.54, 1.807) is 28.4 Å². The number of halogens is 1. The van der Waals surface area contributed by atoms with Crippen molar-refractivity contribution in [2.45, 2.75) is 46.6 Å². The molecule has 2 amide bonds. The number of thiophene rings is 1. The molecular weight excluding hydrogens is 399 g/mol. The maximum absolute atomic E-state index is 13.5. The average Bonchev–Trinajstić information content (AvgIpc) is 3.15. The van der Waals surface area contributed by atoms with Crippen LogP contribution in [0.1, 0.15) is 56.2 Å². The van der Waals surface area contributed by atoms with E-state index in [9.17, 15) is 14.0 Å². The van der Waals surface area contributed by atoms with Gasteiger partial charge in [-0.05, 0) is 53.0 Å². The highest BCUT2D eigenvalue weighted by atomic mass is 32.1. The molecule has 0 saturated heterocycles. The largest absolute Gasteiger partial charge is 0.333 e. The zero-order valence-corrected chi connectivity index (χ0v) is 19.0. The maximum atomic E-state index is 13.5. The van der Waals surface area contributed by atoms with Crippen LogP contribution >= 0.6 is 11.3 Å². The van der Waals surface area contributed by atoms with E-state index in [0.29, 0.717) is 19.5 Å². The fourth-order valence-corrected chi connectivity index (χ4v) is 4.92. The van der Waals surface area contributed by atoms with Crippen molar-refractivity contribution >= 4 is 23.2 Å². The van der Waals surface area contributed by atoms with Crippen LogP contribution in [-0.4, -0.2) is 41.2 Å². The molecule has 0 saturated carbocycles. The molecule has 2 aromatic rings. The molecule has 0 bridgehead atoms. The summed E-state index contributed by atoms with van der Waals surface area (Å²) < 4.78 is 13.5. The second-order valence-electron chi connectivity index (χ2n) is 8.86. The third-order valence-electron chi connectivity index (χ3n) is 5.32. The van der Waals surface area contributed by atoms with Crippen LogP contribution in [-0.2, 0) is 16.0 Å². The van der Waals surface area contributed by atoms with Gasteiger partial charge in [0.2, 0.25) is 11.8 Å². The van der Waals surface area contributed by atoms with Crippen molar-refractivity contribution in [1.29, 1.82) is 0 Å². The van der Waals surface area contributed by atoms with Gasteiger partial charge in [0.1, 0.15) is 5.82 Å². The number of carbonyl (C=O) groups is 2. The molecule has 4 nitrogen and oxygen atoms in total. The number of hydrogen-bond donors (Lipinski definition) is 0. The fourth-order valence-electron chi connectivity index (χ4n) is 4.02. The number of hydrogen-bond acceptors (Lipinski definition) is 3. The molecule has 0 spiro atoms. The van der Waals surface area contributed by atoms with Gasteiger partial charge in [-0.15, -0.1) is 11.3 Å². The predicted molar refractivity (Wildman–Crippen MR) is 119 cm³/mol. The van der Waals surface area contributed by atoms with Gasteiger partial charge >= 0.3 is 0 Å². The van der Waals surface area contributed by atoms with Gasteiger partial charge in [-0.25, -0.2) is 4.39 Å². The molecule has 162 valence electrons. The number of rotatable bonds is 7. The van der Waals surface area contributed by atoms with Gasteiger partial charge in [0.25, 0.3) is 0 Å². The summed E-state index contributed by atoms with van der Waals surface area (Å²) in [4.78, 5) is 31.0. The summed E-state index contributed by atoms with van der Waals surface area (Å²) in [5, 5.41) is 2.05. The Kier molecular flexibility index (Phi) is 7.29. The van der Waals surface area contributed by atoms with Crippen molar-refractivity contribution in [1.82, 2.24) is 9.80 Å². The van der Waals surface area contributed by atoms with E-state index >= 15 is 0 Å². The summed E-state index contributed by atoms with van der Waals surface area (Å²) in [6, 6.07) is 8.20. The highest BCUT2D eigenvalue weighted by molar-refractivity contribution is 7.10. The minimum atomic E-state index is -0.291. The van der Waals surface area contributed by atoms with E-state index in [-0.39, 0.29) is 42.1 Å². The van der Waals surface area contributed by atoms with Crippen LogP contribution < -0.4 is 0 Å². The van der Waals surface area contributed by atoms with Gasteiger partial charge in [0, 0.05) is 24.4 Å². The van der Waals surface area contributed by atoms with E-state index in [1.165, 1.54) is 17.0 Å². The quantitative estimate of drug-likeness (QED) is 0.627. The lowest BCUT2D eigenvalue weighted by atomic mass is 9.93. The van der Waals surface area contributed by atoms with Crippen molar-refractivity contribution in [2.24, 2.45) is 11.8 Å². The summed E-state index contributed by atoms with van der Waals surface area (Å²) in [5.41, 5.74) is 2.00. The first-order valence-corrected chi connectivity index (χ1v) is 11.5. The SMILES string of the molecule is CC(C)CC(=O)N(CC(=O)N1CCc2sccc2[C@H]1c1ccc(F)cc1)CC(C)C. The Labute approximate surface area is 182 Å². The van der Waals surface area contributed by atoms with E-state index in [0.717, 1.165) is 17.5 Å². The second kappa shape index (κ2) is 9.73. The van der Waals surface area contributed by atoms with E-state index < -0.39 is 0 Å². The van der Waals surface area contributed by atoms with Crippen molar-refractivity contribution in [3.8, 4) is 0 Å². The molecule has 6 heteroatoms. The zero-order chi connectivity index (χ0) is 21.8. The first-order chi connectivity index (χ1) is 14.3. The first kappa shape index (κ1) is 22.5. The molecule has 1 aliphatic rings. The summed E-state index contributed by atoms with van der Waals surface area (Å²) in [6.07, 6.45) is 1.25. The van der Waals surface area contributed by atoms with Gasteiger partial charge in [-0.1, -0.05) is 39.8 Å². The minimum Gasteiger partial charge on any atom is -0.333 e. The van der Waals surface area contributed by atoms with Crippen LogP contribution in [0.15, 0.2) is 35.7 Å².